The summed E-state index contributed by atoms with van der Waals surface area (Å²) in [5.41, 5.74) is 11.4. The van der Waals surface area contributed by atoms with E-state index in [9.17, 15) is 14.7 Å². The zero-order chi connectivity index (χ0) is 30.8. The summed E-state index contributed by atoms with van der Waals surface area (Å²) in [6.07, 6.45) is 7.13. The number of carbonyl (C=O) groups excluding carboxylic acids is 1. The molecule has 12 heteroatoms. The lowest BCUT2D eigenvalue weighted by Crippen LogP contribution is -2.28. The van der Waals surface area contributed by atoms with Crippen LogP contribution in [0.1, 0.15) is 39.8 Å². The monoisotopic (exact) mass is 595 g/mol. The van der Waals surface area contributed by atoms with Gasteiger partial charge >= 0.3 is 0 Å². The first-order valence-corrected chi connectivity index (χ1v) is 14.4. The zero-order valence-corrected chi connectivity index (χ0v) is 24.0. The number of rotatable bonds is 5. The number of nitrogen functional groups attached to an aromatic ring is 1. The highest BCUT2D eigenvalue weighted by Crippen LogP contribution is 2.38. The van der Waals surface area contributed by atoms with Gasteiger partial charge in [-0.25, -0.2) is 24.6 Å². The summed E-state index contributed by atoms with van der Waals surface area (Å²) >= 11 is 0. The predicted molar refractivity (Wildman–Crippen MR) is 168 cm³/mol. The number of nitrogens with two attached hydrogens (primary N) is 1. The van der Waals surface area contributed by atoms with E-state index in [1.165, 1.54) is 12.1 Å². The number of hydrogen-bond acceptors (Lipinski definition) is 9. The molecule has 0 unspecified atom stereocenters. The maximum atomic E-state index is 13.8. The zero-order valence-electron chi connectivity index (χ0n) is 24.0. The number of hydrogen-bond donors (Lipinski definition) is 2. The van der Waals surface area contributed by atoms with E-state index in [2.05, 4.69) is 21.1 Å². The van der Waals surface area contributed by atoms with Gasteiger partial charge in [-0.3, -0.25) is 18.7 Å². The molecule has 3 N–H and O–H groups in total. The Kier molecular flexibility index (Phi) is 5.85. The van der Waals surface area contributed by atoms with Gasteiger partial charge in [-0.1, -0.05) is 6.07 Å². The van der Waals surface area contributed by atoms with Crippen molar-refractivity contribution in [1.29, 1.82) is 0 Å². The molecule has 220 valence electrons. The number of benzene rings is 2. The molecule has 12 nitrogen and oxygen atoms in total. The molecule has 7 aromatic rings. The molecule has 45 heavy (non-hydrogen) atoms. The van der Waals surface area contributed by atoms with Crippen LogP contribution in [-0.2, 0) is 6.42 Å². The third-order valence-electron chi connectivity index (χ3n) is 8.40. The van der Waals surface area contributed by atoms with Crippen LogP contribution in [0.3, 0.4) is 0 Å². The van der Waals surface area contributed by atoms with Gasteiger partial charge in [0, 0.05) is 30.3 Å². The average molecular weight is 596 g/mol. The fraction of sp³-hybridized carbons (Fsp3) is 0.121. The van der Waals surface area contributed by atoms with Crippen LogP contribution in [0.15, 0.2) is 84.0 Å². The van der Waals surface area contributed by atoms with Gasteiger partial charge in [0.05, 0.1) is 28.1 Å². The highest BCUT2D eigenvalue weighted by molar-refractivity contribution is 5.90. The largest absolute Gasteiger partial charge is 0.507 e. The quantitative estimate of drug-likeness (QED) is 0.276. The fourth-order valence-electron chi connectivity index (χ4n) is 6.32. The van der Waals surface area contributed by atoms with Crippen LogP contribution in [-0.4, -0.2) is 50.2 Å². The van der Waals surface area contributed by atoms with E-state index in [0.717, 1.165) is 23.2 Å². The summed E-state index contributed by atoms with van der Waals surface area (Å²) in [5.74, 6) is 1.93. The summed E-state index contributed by atoms with van der Waals surface area (Å²) < 4.78 is 5.36. The second-order valence-corrected chi connectivity index (χ2v) is 11.0. The van der Waals surface area contributed by atoms with Crippen molar-refractivity contribution in [2.24, 2.45) is 0 Å². The molecule has 1 aliphatic rings. The van der Waals surface area contributed by atoms with E-state index in [4.69, 9.17) is 15.7 Å². The minimum Gasteiger partial charge on any atom is -0.507 e. The van der Waals surface area contributed by atoms with Crippen LogP contribution in [0, 0.1) is 6.92 Å². The first-order valence-electron chi connectivity index (χ1n) is 14.4. The number of phenolic OH excluding ortho intramolecular Hbond substituents is 1. The molecule has 0 spiro atoms. The highest BCUT2D eigenvalue weighted by Gasteiger charge is 2.28. The molecule has 0 saturated carbocycles. The van der Waals surface area contributed by atoms with Crippen LogP contribution >= 0.6 is 0 Å². The summed E-state index contributed by atoms with van der Waals surface area (Å²) in [7, 11) is 0. The number of imidazole rings is 1. The minimum absolute atomic E-state index is 0.0511. The maximum absolute atomic E-state index is 13.8. The molecule has 0 radical (unpaired) electrons. The van der Waals surface area contributed by atoms with Gasteiger partial charge in [0.1, 0.15) is 22.9 Å². The Bertz CT molecular complexity index is 2370. The van der Waals surface area contributed by atoms with Crippen molar-refractivity contribution >= 4 is 34.2 Å². The van der Waals surface area contributed by atoms with Crippen LogP contribution in [0.4, 0.5) is 5.82 Å². The third-order valence-corrected chi connectivity index (χ3v) is 8.40. The summed E-state index contributed by atoms with van der Waals surface area (Å²) in [5, 5.41) is 14.8. The third kappa shape index (κ3) is 4.10. The van der Waals surface area contributed by atoms with E-state index in [0.29, 0.717) is 58.2 Å². The Morgan fingerprint density at radius 1 is 1.00 bits per heavy atom. The molecule has 0 bridgehead atoms. The smallest absolute Gasteiger partial charge is 0.261 e. The van der Waals surface area contributed by atoms with E-state index >= 15 is 0 Å². The van der Waals surface area contributed by atoms with Gasteiger partial charge in [0.2, 0.25) is 0 Å². The van der Waals surface area contributed by atoms with Crippen molar-refractivity contribution in [3.63, 3.8) is 0 Å². The number of aromatic hydroxyl groups is 1. The van der Waals surface area contributed by atoms with Gasteiger partial charge < -0.3 is 10.8 Å². The second kappa shape index (κ2) is 9.95. The first kappa shape index (κ1) is 26.5. The Morgan fingerprint density at radius 2 is 1.89 bits per heavy atom. The van der Waals surface area contributed by atoms with Gasteiger partial charge in [0.25, 0.3) is 5.56 Å². The number of fused-ring (bicyclic) bond motifs is 3. The number of nitrogens with zero attached hydrogens (tertiary/aromatic N) is 8. The lowest BCUT2D eigenvalue weighted by atomic mass is 10.1. The minimum atomic E-state index is -0.257. The van der Waals surface area contributed by atoms with E-state index < -0.39 is 0 Å². The van der Waals surface area contributed by atoms with Crippen LogP contribution in [0.5, 0.6) is 5.75 Å². The number of aldehydes is 1. The average Bonchev–Trinajstić information content (AvgIpc) is 3.80. The second-order valence-electron chi connectivity index (χ2n) is 11.0. The SMILES string of the molecule is Cc1nc2cc(O)c(C=O)cc2c(=O)n1[C@H]1CCc2cc(-n3c(-c4cccnc4N)nc4ccc(-n5cccn5)nc43)ccc21. The van der Waals surface area contributed by atoms with E-state index in [1.807, 2.05) is 53.2 Å². The molecule has 1 aliphatic carbocycles. The van der Waals surface area contributed by atoms with Crippen LogP contribution in [0.2, 0.25) is 0 Å². The molecule has 0 saturated heterocycles. The van der Waals surface area contributed by atoms with Gasteiger partial charge in [0.15, 0.2) is 23.6 Å². The number of carbonyl (C=O) groups is 1. The molecule has 0 aliphatic heterocycles. The van der Waals surface area contributed by atoms with Crippen molar-refractivity contribution in [2.45, 2.75) is 25.8 Å². The maximum Gasteiger partial charge on any atom is 0.261 e. The lowest BCUT2D eigenvalue weighted by molar-refractivity contribution is 0.112. The molecule has 0 amide bonds. The predicted octanol–water partition coefficient (Wildman–Crippen LogP) is 4.32. The van der Waals surface area contributed by atoms with Crippen LogP contribution < -0.4 is 11.3 Å². The molecular formula is C33H25N9O3. The van der Waals surface area contributed by atoms with Gasteiger partial charge in [-0.05, 0) is 79.4 Å². The summed E-state index contributed by atoms with van der Waals surface area (Å²) in [4.78, 5) is 44.0. The Balaban J connectivity index is 1.29. The molecule has 2 aromatic carbocycles. The number of aryl methyl sites for hydroxylation is 2. The number of phenols is 1. The number of aromatic nitrogens is 8. The van der Waals surface area contributed by atoms with Crippen molar-refractivity contribution in [3.05, 3.63) is 112 Å². The molecule has 1 atom stereocenters. The molecule has 0 fully saturated rings. The van der Waals surface area contributed by atoms with Crippen molar-refractivity contribution in [1.82, 2.24) is 38.9 Å². The van der Waals surface area contributed by atoms with E-state index in [-0.39, 0.29) is 28.3 Å². The normalized spacial score (nSPS) is 14.3. The number of anilines is 1. The Morgan fingerprint density at radius 3 is 2.69 bits per heavy atom. The highest BCUT2D eigenvalue weighted by atomic mass is 16.3. The molecule has 8 rings (SSSR count). The van der Waals surface area contributed by atoms with Crippen LogP contribution in [0.25, 0.3) is 45.0 Å². The van der Waals surface area contributed by atoms with Gasteiger partial charge in [-0.2, -0.15) is 5.10 Å². The first-order chi connectivity index (χ1) is 21.9. The Labute approximate surface area is 255 Å². The van der Waals surface area contributed by atoms with Crippen molar-refractivity contribution < 1.29 is 9.90 Å². The number of pyridine rings is 2. The van der Waals surface area contributed by atoms with Crippen molar-refractivity contribution in [3.8, 4) is 28.6 Å². The standard InChI is InChI=1S/C33H25N9O3/c1-18-37-26-16-28(44)20(17-43)15-24(26)33(45)41(18)27-9-5-19-14-21(6-7-22(19)27)42-31(23-4-2-11-35-30(23)34)38-25-8-10-29(39-32(25)42)40-13-3-12-36-40/h2-4,6-8,10-17,27,44H,5,9H2,1H3,(H2,34,35)/t27-/m0/s1. The van der Waals surface area contributed by atoms with Crippen molar-refractivity contribution in [2.75, 3.05) is 5.73 Å². The summed E-state index contributed by atoms with van der Waals surface area (Å²) in [6.45, 7) is 1.78. The van der Waals surface area contributed by atoms with Gasteiger partial charge in [-0.15, -0.1) is 0 Å². The summed E-state index contributed by atoms with van der Waals surface area (Å²) in [6, 6.07) is 18.0. The Hall–Kier alpha value is -6.17. The van der Waals surface area contributed by atoms with E-state index in [1.54, 1.807) is 28.6 Å². The molecular weight excluding hydrogens is 570 g/mol. The molecule has 5 heterocycles. The topological polar surface area (TPSA) is 160 Å². The fourth-order valence-corrected chi connectivity index (χ4v) is 6.32. The lowest BCUT2D eigenvalue weighted by Gasteiger charge is -2.19. The molecule has 5 aromatic heterocycles.